The minimum Gasteiger partial charge on any atom is -0.497 e. The number of aromatic nitrogens is 1. The van der Waals surface area contributed by atoms with Crippen LogP contribution in [0, 0.1) is 6.92 Å². The van der Waals surface area contributed by atoms with E-state index in [4.69, 9.17) is 14.0 Å². The SMILES string of the molecule is COc1ccc(OC)c([C@H]2N(c3cc(C)on3)C(=O)[C@@H]3CCCN32)c1. The Labute approximate surface area is 146 Å². The van der Waals surface area contributed by atoms with Crippen molar-refractivity contribution in [3.05, 3.63) is 35.6 Å². The quantitative estimate of drug-likeness (QED) is 0.850. The Morgan fingerprint density at radius 1 is 1.24 bits per heavy atom. The Kier molecular flexibility index (Phi) is 3.88. The van der Waals surface area contributed by atoms with Crippen LogP contribution in [0.1, 0.15) is 30.3 Å². The summed E-state index contributed by atoms with van der Waals surface area (Å²) in [6.45, 7) is 2.67. The largest absolute Gasteiger partial charge is 0.497 e. The lowest BCUT2D eigenvalue weighted by molar-refractivity contribution is -0.119. The number of ether oxygens (including phenoxy) is 2. The molecule has 0 N–H and O–H groups in total. The van der Waals surface area contributed by atoms with E-state index < -0.39 is 0 Å². The summed E-state index contributed by atoms with van der Waals surface area (Å²) in [6, 6.07) is 7.31. The number of hydrogen-bond acceptors (Lipinski definition) is 6. The fourth-order valence-electron chi connectivity index (χ4n) is 3.84. The molecule has 0 saturated carbocycles. The van der Waals surface area contributed by atoms with Crippen molar-refractivity contribution in [3.8, 4) is 11.5 Å². The van der Waals surface area contributed by atoms with Gasteiger partial charge in [-0.25, -0.2) is 0 Å². The molecule has 2 aliphatic rings. The van der Waals surface area contributed by atoms with Crippen LogP contribution in [0.15, 0.2) is 28.8 Å². The molecule has 2 fully saturated rings. The second kappa shape index (κ2) is 6.07. The van der Waals surface area contributed by atoms with Crippen LogP contribution < -0.4 is 14.4 Å². The maximum Gasteiger partial charge on any atom is 0.247 e. The normalized spacial score (nSPS) is 23.2. The van der Waals surface area contributed by atoms with Crippen molar-refractivity contribution >= 4 is 11.7 Å². The summed E-state index contributed by atoms with van der Waals surface area (Å²) in [4.78, 5) is 17.0. The van der Waals surface area contributed by atoms with E-state index in [0.29, 0.717) is 11.6 Å². The van der Waals surface area contributed by atoms with Crippen molar-refractivity contribution < 1.29 is 18.8 Å². The van der Waals surface area contributed by atoms with Gasteiger partial charge in [0.05, 0.1) is 20.3 Å². The second-order valence-corrected chi connectivity index (χ2v) is 6.38. The molecule has 0 unspecified atom stereocenters. The molecule has 4 rings (SSSR count). The van der Waals surface area contributed by atoms with Crippen molar-refractivity contribution in [3.63, 3.8) is 0 Å². The van der Waals surface area contributed by atoms with Crippen molar-refractivity contribution in [2.75, 3.05) is 25.7 Å². The monoisotopic (exact) mass is 343 g/mol. The van der Waals surface area contributed by atoms with Crippen LogP contribution in [-0.2, 0) is 4.79 Å². The van der Waals surface area contributed by atoms with Crippen LogP contribution in [0.25, 0.3) is 0 Å². The Morgan fingerprint density at radius 3 is 2.76 bits per heavy atom. The summed E-state index contributed by atoms with van der Waals surface area (Å²) >= 11 is 0. The highest BCUT2D eigenvalue weighted by atomic mass is 16.5. The second-order valence-electron chi connectivity index (χ2n) is 6.38. The molecule has 2 aliphatic heterocycles. The van der Waals surface area contributed by atoms with Crippen LogP contribution in [0.3, 0.4) is 0 Å². The Balaban J connectivity index is 1.85. The summed E-state index contributed by atoms with van der Waals surface area (Å²) in [7, 11) is 3.26. The summed E-state index contributed by atoms with van der Waals surface area (Å²) in [6.07, 6.45) is 1.58. The minimum absolute atomic E-state index is 0.0562. The van der Waals surface area contributed by atoms with Gasteiger partial charge in [0.15, 0.2) is 5.82 Å². The predicted octanol–water partition coefficient (Wildman–Crippen LogP) is 2.51. The van der Waals surface area contributed by atoms with Gasteiger partial charge in [0.2, 0.25) is 5.91 Å². The van der Waals surface area contributed by atoms with E-state index in [1.54, 1.807) is 25.2 Å². The van der Waals surface area contributed by atoms with Gasteiger partial charge >= 0.3 is 0 Å². The number of amides is 1. The van der Waals surface area contributed by atoms with E-state index in [2.05, 4.69) is 10.1 Å². The van der Waals surface area contributed by atoms with Gasteiger partial charge in [-0.05, 0) is 38.0 Å². The third-order valence-electron chi connectivity index (χ3n) is 4.95. The maximum atomic E-state index is 13.1. The van der Waals surface area contributed by atoms with Gasteiger partial charge in [0.25, 0.3) is 0 Å². The first kappa shape index (κ1) is 16.0. The summed E-state index contributed by atoms with van der Waals surface area (Å²) < 4.78 is 16.2. The number of methoxy groups -OCH3 is 2. The molecule has 132 valence electrons. The molecule has 1 aromatic carbocycles. The summed E-state index contributed by atoms with van der Waals surface area (Å²) in [5.41, 5.74) is 0.889. The fourth-order valence-corrected chi connectivity index (χ4v) is 3.84. The number of anilines is 1. The topological polar surface area (TPSA) is 68.0 Å². The van der Waals surface area contributed by atoms with Crippen molar-refractivity contribution in [1.29, 1.82) is 0 Å². The standard InChI is InChI=1S/C18H21N3O4/c1-11-9-16(19-25-11)21-17(20-8-4-5-14(20)18(21)22)13-10-12(23-2)6-7-15(13)24-3/h6-7,9-10,14,17H,4-5,8H2,1-3H3/t14-,17+/m0/s1. The molecular formula is C18H21N3O4. The van der Waals surface area contributed by atoms with Gasteiger partial charge in [-0.3, -0.25) is 14.6 Å². The van der Waals surface area contributed by atoms with Gasteiger partial charge in [-0.2, -0.15) is 0 Å². The zero-order valence-electron chi connectivity index (χ0n) is 14.6. The first-order valence-corrected chi connectivity index (χ1v) is 8.38. The van der Waals surface area contributed by atoms with E-state index >= 15 is 0 Å². The minimum atomic E-state index is -0.283. The van der Waals surface area contributed by atoms with Crippen molar-refractivity contribution in [1.82, 2.24) is 10.1 Å². The van der Waals surface area contributed by atoms with Crippen LogP contribution in [-0.4, -0.2) is 42.8 Å². The summed E-state index contributed by atoms with van der Waals surface area (Å²) in [5, 5.41) is 4.08. The molecule has 2 aromatic rings. The molecule has 25 heavy (non-hydrogen) atoms. The van der Waals surface area contributed by atoms with E-state index in [1.807, 2.05) is 25.1 Å². The smallest absolute Gasteiger partial charge is 0.247 e. The molecule has 7 heteroatoms. The molecule has 0 spiro atoms. The average Bonchev–Trinajstić information content (AvgIpc) is 3.32. The molecule has 0 radical (unpaired) electrons. The maximum absolute atomic E-state index is 13.1. The van der Waals surface area contributed by atoms with Gasteiger partial charge in [-0.15, -0.1) is 0 Å². The molecule has 2 atom stereocenters. The van der Waals surface area contributed by atoms with E-state index in [-0.39, 0.29) is 18.1 Å². The van der Waals surface area contributed by atoms with Crippen LogP contribution in [0.4, 0.5) is 5.82 Å². The van der Waals surface area contributed by atoms with Gasteiger partial charge < -0.3 is 14.0 Å². The summed E-state index contributed by atoms with van der Waals surface area (Å²) in [5.74, 6) is 2.71. The predicted molar refractivity (Wildman–Crippen MR) is 90.7 cm³/mol. The molecule has 3 heterocycles. The third kappa shape index (κ3) is 2.46. The molecule has 0 aliphatic carbocycles. The molecule has 7 nitrogen and oxygen atoms in total. The third-order valence-corrected chi connectivity index (χ3v) is 4.95. The molecule has 0 bridgehead atoms. The lowest BCUT2D eigenvalue weighted by Gasteiger charge is -2.29. The fraction of sp³-hybridized carbons (Fsp3) is 0.444. The number of benzene rings is 1. The average molecular weight is 343 g/mol. The van der Waals surface area contributed by atoms with Crippen LogP contribution >= 0.6 is 0 Å². The number of fused-ring (bicyclic) bond motifs is 1. The Hall–Kier alpha value is -2.54. The van der Waals surface area contributed by atoms with Crippen LogP contribution in [0.2, 0.25) is 0 Å². The number of carbonyl (C=O) groups is 1. The van der Waals surface area contributed by atoms with Crippen molar-refractivity contribution in [2.45, 2.75) is 32.0 Å². The number of rotatable bonds is 4. The number of aryl methyl sites for hydroxylation is 1. The van der Waals surface area contributed by atoms with E-state index in [1.165, 1.54) is 0 Å². The highest BCUT2D eigenvalue weighted by Crippen LogP contribution is 2.45. The van der Waals surface area contributed by atoms with E-state index in [0.717, 1.165) is 36.4 Å². The lowest BCUT2D eigenvalue weighted by atomic mass is 10.1. The zero-order chi connectivity index (χ0) is 17.6. The number of nitrogens with zero attached hydrogens (tertiary/aromatic N) is 3. The first-order chi connectivity index (χ1) is 12.1. The Bertz CT molecular complexity index is 803. The molecule has 1 amide bonds. The first-order valence-electron chi connectivity index (χ1n) is 8.38. The number of hydrogen-bond donors (Lipinski definition) is 0. The highest BCUT2D eigenvalue weighted by Gasteiger charge is 2.51. The van der Waals surface area contributed by atoms with Gasteiger partial charge in [0.1, 0.15) is 23.4 Å². The van der Waals surface area contributed by atoms with Gasteiger partial charge in [-0.1, -0.05) is 5.16 Å². The van der Waals surface area contributed by atoms with E-state index in [9.17, 15) is 4.79 Å². The molecular weight excluding hydrogens is 322 g/mol. The highest BCUT2D eigenvalue weighted by molar-refractivity contribution is 5.99. The van der Waals surface area contributed by atoms with Crippen LogP contribution in [0.5, 0.6) is 11.5 Å². The Morgan fingerprint density at radius 2 is 2.08 bits per heavy atom. The molecule has 1 aromatic heterocycles. The zero-order valence-corrected chi connectivity index (χ0v) is 14.6. The molecule has 2 saturated heterocycles. The van der Waals surface area contributed by atoms with Gasteiger partial charge in [0, 0.05) is 18.2 Å². The lowest BCUT2D eigenvalue weighted by Crippen LogP contribution is -2.32. The number of carbonyl (C=O) groups excluding carboxylic acids is 1. The van der Waals surface area contributed by atoms with Crippen molar-refractivity contribution in [2.24, 2.45) is 0 Å².